The summed E-state index contributed by atoms with van der Waals surface area (Å²) in [6.07, 6.45) is 1.28. The molecule has 1 atom stereocenters. The van der Waals surface area contributed by atoms with Gasteiger partial charge in [-0.1, -0.05) is 43.1 Å². The second-order valence-corrected chi connectivity index (χ2v) is 6.58. The van der Waals surface area contributed by atoms with Crippen LogP contribution >= 0.6 is 23.2 Å². The fourth-order valence-electron chi connectivity index (χ4n) is 1.93. The monoisotopic (exact) mass is 303 g/mol. The van der Waals surface area contributed by atoms with E-state index in [9.17, 15) is 5.11 Å². The van der Waals surface area contributed by atoms with Gasteiger partial charge >= 0.3 is 0 Å². The van der Waals surface area contributed by atoms with Gasteiger partial charge in [-0.2, -0.15) is 0 Å². The van der Waals surface area contributed by atoms with E-state index in [4.69, 9.17) is 23.2 Å². The molecule has 1 rings (SSSR count). The zero-order valence-electron chi connectivity index (χ0n) is 11.8. The normalized spacial score (nSPS) is 14.7. The molecule has 0 aromatic heterocycles. The minimum atomic E-state index is -0.735. The Morgan fingerprint density at radius 3 is 2.53 bits per heavy atom. The summed E-state index contributed by atoms with van der Waals surface area (Å²) in [5.41, 5.74) is 0.268. The van der Waals surface area contributed by atoms with Gasteiger partial charge in [-0.05, 0) is 50.0 Å². The minimum Gasteiger partial charge on any atom is -0.390 e. The van der Waals surface area contributed by atoms with Crippen LogP contribution in [0, 0.1) is 5.92 Å². The molecule has 1 aromatic carbocycles. The molecule has 0 saturated heterocycles. The van der Waals surface area contributed by atoms with Crippen molar-refractivity contribution in [1.82, 2.24) is 5.32 Å². The summed E-state index contributed by atoms with van der Waals surface area (Å²) >= 11 is 11.9. The van der Waals surface area contributed by atoms with Crippen LogP contribution in [0.15, 0.2) is 18.2 Å². The van der Waals surface area contributed by atoms with Gasteiger partial charge in [-0.3, -0.25) is 0 Å². The van der Waals surface area contributed by atoms with Crippen molar-refractivity contribution >= 4 is 23.2 Å². The fourth-order valence-corrected chi connectivity index (χ4v) is 2.25. The molecule has 0 fully saturated rings. The minimum absolute atomic E-state index is 0.535. The number of halogens is 2. The Bertz CT molecular complexity index is 405. The van der Waals surface area contributed by atoms with Gasteiger partial charge in [0.2, 0.25) is 0 Å². The summed E-state index contributed by atoms with van der Waals surface area (Å²) in [6, 6.07) is 5.50. The van der Waals surface area contributed by atoms with Crippen LogP contribution in [0.5, 0.6) is 0 Å². The van der Waals surface area contributed by atoms with Crippen molar-refractivity contribution in [2.45, 2.75) is 39.2 Å². The highest BCUT2D eigenvalue weighted by Gasteiger charge is 2.20. The number of hydrogen-bond donors (Lipinski definition) is 2. The molecular weight excluding hydrogens is 281 g/mol. The van der Waals surface area contributed by atoms with Crippen LogP contribution in [0.3, 0.4) is 0 Å². The van der Waals surface area contributed by atoms with Crippen molar-refractivity contribution in [3.05, 3.63) is 33.8 Å². The quantitative estimate of drug-likeness (QED) is 0.748. The van der Waals surface area contributed by atoms with E-state index < -0.39 is 5.60 Å². The van der Waals surface area contributed by atoms with Crippen LogP contribution in [0.25, 0.3) is 0 Å². The first kappa shape index (κ1) is 16.8. The third-order valence-electron chi connectivity index (χ3n) is 2.96. The summed E-state index contributed by atoms with van der Waals surface area (Å²) in [4.78, 5) is 0. The van der Waals surface area contributed by atoms with E-state index in [0.29, 0.717) is 28.8 Å². The Morgan fingerprint density at radius 1 is 1.26 bits per heavy atom. The smallest absolute Gasteiger partial charge is 0.0672 e. The van der Waals surface area contributed by atoms with E-state index in [-0.39, 0.29) is 0 Å². The van der Waals surface area contributed by atoms with Gasteiger partial charge in [0.25, 0.3) is 0 Å². The summed E-state index contributed by atoms with van der Waals surface area (Å²) in [7, 11) is 0. The first-order valence-corrected chi connectivity index (χ1v) is 7.43. The predicted octanol–water partition coefficient (Wildman–Crippen LogP) is 3.92. The molecule has 0 radical (unpaired) electrons. The van der Waals surface area contributed by atoms with Gasteiger partial charge in [-0.15, -0.1) is 0 Å². The molecular formula is C15H23Cl2NO. The lowest BCUT2D eigenvalue weighted by Gasteiger charge is -2.24. The molecule has 108 valence electrons. The number of nitrogens with one attached hydrogen (secondary N) is 1. The van der Waals surface area contributed by atoms with Crippen molar-refractivity contribution in [2.24, 2.45) is 5.92 Å². The highest BCUT2D eigenvalue weighted by Crippen LogP contribution is 2.25. The molecule has 0 aliphatic carbocycles. The second-order valence-electron chi connectivity index (χ2n) is 5.77. The second kappa shape index (κ2) is 7.49. The van der Waals surface area contributed by atoms with Crippen LogP contribution in [0.2, 0.25) is 10.0 Å². The van der Waals surface area contributed by atoms with Gasteiger partial charge < -0.3 is 10.4 Å². The fraction of sp³-hybridized carbons (Fsp3) is 0.600. The molecule has 19 heavy (non-hydrogen) atoms. The van der Waals surface area contributed by atoms with E-state index in [1.54, 1.807) is 6.07 Å². The zero-order chi connectivity index (χ0) is 14.5. The standard InChI is InChI=1S/C15H23Cl2NO/c1-11(2)10-18-7-6-15(3,19)9-12-4-5-13(16)14(17)8-12/h4-5,8,11,18-19H,6-7,9-10H2,1-3H3. The lowest BCUT2D eigenvalue weighted by Crippen LogP contribution is -2.33. The van der Waals surface area contributed by atoms with Gasteiger partial charge in [0.05, 0.1) is 15.6 Å². The lowest BCUT2D eigenvalue weighted by atomic mass is 9.93. The van der Waals surface area contributed by atoms with E-state index in [0.717, 1.165) is 18.7 Å². The Balaban J connectivity index is 2.46. The molecule has 0 amide bonds. The van der Waals surface area contributed by atoms with Crippen molar-refractivity contribution in [1.29, 1.82) is 0 Å². The van der Waals surface area contributed by atoms with Crippen molar-refractivity contribution < 1.29 is 5.11 Å². The Morgan fingerprint density at radius 2 is 1.95 bits per heavy atom. The van der Waals surface area contributed by atoms with E-state index in [2.05, 4.69) is 19.2 Å². The molecule has 0 aliphatic rings. The summed E-state index contributed by atoms with van der Waals surface area (Å²) in [5.74, 6) is 0.625. The van der Waals surface area contributed by atoms with Crippen LogP contribution < -0.4 is 5.32 Å². The van der Waals surface area contributed by atoms with Crippen LogP contribution in [0.4, 0.5) is 0 Å². The van der Waals surface area contributed by atoms with Crippen molar-refractivity contribution in [3.8, 4) is 0 Å². The Labute approximate surface area is 126 Å². The maximum Gasteiger partial charge on any atom is 0.0672 e. The third kappa shape index (κ3) is 6.62. The molecule has 1 aromatic rings. The van der Waals surface area contributed by atoms with Gasteiger partial charge in [0.15, 0.2) is 0 Å². The van der Waals surface area contributed by atoms with Crippen LogP contribution in [-0.4, -0.2) is 23.8 Å². The topological polar surface area (TPSA) is 32.3 Å². The van der Waals surface area contributed by atoms with Gasteiger partial charge in [0.1, 0.15) is 0 Å². The lowest BCUT2D eigenvalue weighted by molar-refractivity contribution is 0.0514. The van der Waals surface area contributed by atoms with E-state index in [1.807, 2.05) is 19.1 Å². The van der Waals surface area contributed by atoms with Crippen LogP contribution in [0.1, 0.15) is 32.8 Å². The first-order chi connectivity index (χ1) is 8.80. The molecule has 4 heteroatoms. The molecule has 0 aliphatic heterocycles. The molecule has 2 nitrogen and oxygen atoms in total. The van der Waals surface area contributed by atoms with Crippen molar-refractivity contribution in [3.63, 3.8) is 0 Å². The summed E-state index contributed by atoms with van der Waals surface area (Å²) in [6.45, 7) is 7.98. The summed E-state index contributed by atoms with van der Waals surface area (Å²) < 4.78 is 0. The molecule has 2 N–H and O–H groups in total. The SMILES string of the molecule is CC(C)CNCCC(C)(O)Cc1ccc(Cl)c(Cl)c1. The third-order valence-corrected chi connectivity index (χ3v) is 3.70. The first-order valence-electron chi connectivity index (χ1n) is 6.67. The highest BCUT2D eigenvalue weighted by atomic mass is 35.5. The van der Waals surface area contributed by atoms with Gasteiger partial charge in [-0.25, -0.2) is 0 Å². The van der Waals surface area contributed by atoms with Crippen LogP contribution in [-0.2, 0) is 6.42 Å². The average Bonchev–Trinajstić information content (AvgIpc) is 2.29. The molecule has 1 unspecified atom stereocenters. The maximum atomic E-state index is 10.4. The Kier molecular flexibility index (Phi) is 6.61. The molecule has 0 heterocycles. The van der Waals surface area contributed by atoms with E-state index >= 15 is 0 Å². The highest BCUT2D eigenvalue weighted by molar-refractivity contribution is 6.42. The number of benzene rings is 1. The van der Waals surface area contributed by atoms with Crippen molar-refractivity contribution in [2.75, 3.05) is 13.1 Å². The number of aliphatic hydroxyl groups is 1. The van der Waals surface area contributed by atoms with E-state index in [1.165, 1.54) is 0 Å². The molecule has 0 spiro atoms. The molecule has 0 bridgehead atoms. The average molecular weight is 304 g/mol. The largest absolute Gasteiger partial charge is 0.390 e. The Hall–Kier alpha value is -0.280. The summed E-state index contributed by atoms with van der Waals surface area (Å²) in [5, 5.41) is 14.8. The molecule has 0 saturated carbocycles. The zero-order valence-corrected chi connectivity index (χ0v) is 13.4. The maximum absolute atomic E-state index is 10.4. The van der Waals surface area contributed by atoms with Gasteiger partial charge in [0, 0.05) is 6.42 Å². The number of rotatable bonds is 7. The number of hydrogen-bond acceptors (Lipinski definition) is 2. The predicted molar refractivity (Wildman–Crippen MR) is 83.1 cm³/mol.